The van der Waals surface area contributed by atoms with E-state index in [1.807, 2.05) is 44.2 Å². The van der Waals surface area contributed by atoms with Gasteiger partial charge in [-0.05, 0) is 50.6 Å². The lowest BCUT2D eigenvalue weighted by Gasteiger charge is -2.16. The molecule has 1 N–H and O–H groups in total. The number of rotatable bonds is 7. The molecule has 0 aliphatic rings. The van der Waals surface area contributed by atoms with E-state index >= 15 is 0 Å². The van der Waals surface area contributed by atoms with E-state index in [0.29, 0.717) is 0 Å². The Balaban J connectivity index is 2.00. The summed E-state index contributed by atoms with van der Waals surface area (Å²) in [5.41, 5.74) is 1.14. The van der Waals surface area contributed by atoms with Gasteiger partial charge in [-0.1, -0.05) is 6.07 Å². The molecule has 1 atom stereocenters. The Morgan fingerprint density at radius 2 is 1.95 bits per heavy atom. The molecule has 0 aliphatic heterocycles. The van der Waals surface area contributed by atoms with E-state index in [4.69, 9.17) is 13.9 Å². The van der Waals surface area contributed by atoms with Gasteiger partial charge in [-0.15, -0.1) is 0 Å². The van der Waals surface area contributed by atoms with Crippen molar-refractivity contribution in [2.75, 3.05) is 7.11 Å². The van der Waals surface area contributed by atoms with Crippen molar-refractivity contribution < 1.29 is 13.9 Å². The summed E-state index contributed by atoms with van der Waals surface area (Å²) in [5, 5.41) is 3.42. The average Bonchev–Trinajstić information content (AvgIpc) is 2.99. The standard InChI is InChI=1S/C17H23NO3/c1-12(2)21-16-8-7-14(10-17(16)19-4)11-18-13(3)15-6-5-9-20-15/h5-10,12-13,18H,11H2,1-4H3. The van der Waals surface area contributed by atoms with Gasteiger partial charge in [0.2, 0.25) is 0 Å². The minimum Gasteiger partial charge on any atom is -0.493 e. The number of furan rings is 1. The summed E-state index contributed by atoms with van der Waals surface area (Å²) in [6.45, 7) is 6.81. The van der Waals surface area contributed by atoms with Crippen molar-refractivity contribution >= 4 is 0 Å². The SMILES string of the molecule is COc1cc(CNC(C)c2ccco2)ccc1OC(C)C. The molecular weight excluding hydrogens is 266 g/mol. The number of ether oxygens (including phenoxy) is 2. The molecule has 0 radical (unpaired) electrons. The highest BCUT2D eigenvalue weighted by atomic mass is 16.5. The third-order valence-corrected chi connectivity index (χ3v) is 3.17. The van der Waals surface area contributed by atoms with E-state index in [0.717, 1.165) is 29.4 Å². The maximum Gasteiger partial charge on any atom is 0.161 e. The second-order valence-corrected chi connectivity index (χ2v) is 5.27. The smallest absolute Gasteiger partial charge is 0.161 e. The van der Waals surface area contributed by atoms with Gasteiger partial charge in [-0.3, -0.25) is 0 Å². The van der Waals surface area contributed by atoms with Gasteiger partial charge in [0.25, 0.3) is 0 Å². The van der Waals surface area contributed by atoms with Crippen molar-refractivity contribution in [3.05, 3.63) is 47.9 Å². The molecular formula is C17H23NO3. The molecule has 1 heterocycles. The molecule has 2 rings (SSSR count). The van der Waals surface area contributed by atoms with Crippen molar-refractivity contribution in [1.29, 1.82) is 0 Å². The third-order valence-electron chi connectivity index (χ3n) is 3.17. The summed E-state index contributed by atoms with van der Waals surface area (Å²) in [7, 11) is 1.66. The highest BCUT2D eigenvalue weighted by Gasteiger charge is 2.10. The summed E-state index contributed by atoms with van der Waals surface area (Å²) in [5.74, 6) is 2.46. The van der Waals surface area contributed by atoms with Crippen LogP contribution >= 0.6 is 0 Å². The first-order chi connectivity index (χ1) is 10.1. The minimum atomic E-state index is 0.127. The van der Waals surface area contributed by atoms with Gasteiger partial charge in [-0.2, -0.15) is 0 Å². The molecule has 0 amide bonds. The fraction of sp³-hybridized carbons (Fsp3) is 0.412. The quantitative estimate of drug-likeness (QED) is 0.839. The molecule has 2 aromatic rings. The number of hydrogen-bond acceptors (Lipinski definition) is 4. The maximum atomic E-state index is 5.72. The van der Waals surface area contributed by atoms with Crippen LogP contribution in [0.15, 0.2) is 41.0 Å². The fourth-order valence-corrected chi connectivity index (χ4v) is 2.08. The van der Waals surface area contributed by atoms with Crippen LogP contribution in [0, 0.1) is 0 Å². The second-order valence-electron chi connectivity index (χ2n) is 5.27. The van der Waals surface area contributed by atoms with E-state index in [2.05, 4.69) is 12.2 Å². The van der Waals surface area contributed by atoms with E-state index < -0.39 is 0 Å². The largest absolute Gasteiger partial charge is 0.493 e. The van der Waals surface area contributed by atoms with Crippen LogP contribution in [0.3, 0.4) is 0 Å². The number of hydrogen-bond donors (Lipinski definition) is 1. The van der Waals surface area contributed by atoms with Gasteiger partial charge in [-0.25, -0.2) is 0 Å². The van der Waals surface area contributed by atoms with Gasteiger partial charge >= 0.3 is 0 Å². The minimum absolute atomic E-state index is 0.127. The molecule has 0 aliphatic carbocycles. The van der Waals surface area contributed by atoms with Crippen LogP contribution in [-0.4, -0.2) is 13.2 Å². The molecule has 0 spiro atoms. The number of benzene rings is 1. The lowest BCUT2D eigenvalue weighted by Crippen LogP contribution is -2.17. The second kappa shape index (κ2) is 7.18. The van der Waals surface area contributed by atoms with Crippen molar-refractivity contribution in [3.63, 3.8) is 0 Å². The zero-order chi connectivity index (χ0) is 15.2. The predicted octanol–water partition coefficient (Wildman–Crippen LogP) is 3.93. The Kier molecular flexibility index (Phi) is 5.28. The molecule has 1 aromatic heterocycles. The first-order valence-corrected chi connectivity index (χ1v) is 7.20. The monoisotopic (exact) mass is 289 g/mol. The van der Waals surface area contributed by atoms with Crippen LogP contribution in [0.2, 0.25) is 0 Å². The van der Waals surface area contributed by atoms with Crippen LogP contribution in [0.5, 0.6) is 11.5 Å². The number of methoxy groups -OCH3 is 1. The molecule has 1 aromatic carbocycles. The van der Waals surface area contributed by atoms with Crippen molar-refractivity contribution in [1.82, 2.24) is 5.32 Å². The van der Waals surface area contributed by atoms with Crippen LogP contribution < -0.4 is 14.8 Å². The summed E-state index contributed by atoms with van der Waals surface area (Å²) < 4.78 is 16.5. The van der Waals surface area contributed by atoms with E-state index in [1.54, 1.807) is 13.4 Å². The van der Waals surface area contributed by atoms with E-state index in [9.17, 15) is 0 Å². The Morgan fingerprint density at radius 1 is 1.14 bits per heavy atom. The van der Waals surface area contributed by atoms with E-state index in [1.165, 1.54) is 0 Å². The lowest BCUT2D eigenvalue weighted by atomic mass is 10.1. The Morgan fingerprint density at radius 3 is 2.57 bits per heavy atom. The molecule has 0 fully saturated rings. The highest BCUT2D eigenvalue weighted by Crippen LogP contribution is 2.29. The summed E-state index contributed by atoms with van der Waals surface area (Å²) in [4.78, 5) is 0. The van der Waals surface area contributed by atoms with Gasteiger partial charge < -0.3 is 19.2 Å². The predicted molar refractivity (Wildman–Crippen MR) is 82.7 cm³/mol. The molecule has 21 heavy (non-hydrogen) atoms. The Labute approximate surface area is 126 Å². The fourth-order valence-electron chi connectivity index (χ4n) is 2.08. The van der Waals surface area contributed by atoms with Crippen molar-refractivity contribution in [2.45, 2.75) is 39.5 Å². The summed E-state index contributed by atoms with van der Waals surface area (Å²) in [6.07, 6.45) is 1.82. The van der Waals surface area contributed by atoms with Gasteiger partial charge in [0.05, 0.1) is 25.5 Å². The first-order valence-electron chi connectivity index (χ1n) is 7.20. The lowest BCUT2D eigenvalue weighted by molar-refractivity contribution is 0.230. The molecule has 1 unspecified atom stereocenters. The van der Waals surface area contributed by atoms with Crippen LogP contribution in [0.25, 0.3) is 0 Å². The molecule has 0 saturated heterocycles. The zero-order valence-corrected chi connectivity index (χ0v) is 13.1. The summed E-state index contributed by atoms with van der Waals surface area (Å²) in [6, 6.07) is 10.0. The zero-order valence-electron chi connectivity index (χ0n) is 13.1. The third kappa shape index (κ3) is 4.26. The molecule has 4 heteroatoms. The van der Waals surface area contributed by atoms with Gasteiger partial charge in [0.15, 0.2) is 11.5 Å². The number of nitrogens with one attached hydrogen (secondary N) is 1. The summed E-state index contributed by atoms with van der Waals surface area (Å²) >= 11 is 0. The van der Waals surface area contributed by atoms with Gasteiger partial charge in [0, 0.05) is 6.54 Å². The molecule has 4 nitrogen and oxygen atoms in total. The topological polar surface area (TPSA) is 43.6 Å². The van der Waals surface area contributed by atoms with Crippen LogP contribution in [0.1, 0.15) is 38.1 Å². The Hall–Kier alpha value is -1.94. The molecule has 114 valence electrons. The van der Waals surface area contributed by atoms with Crippen molar-refractivity contribution in [3.8, 4) is 11.5 Å². The Bertz CT molecular complexity index is 549. The molecule has 0 bridgehead atoms. The van der Waals surface area contributed by atoms with Crippen LogP contribution in [-0.2, 0) is 6.54 Å². The average molecular weight is 289 g/mol. The normalized spacial score (nSPS) is 12.4. The van der Waals surface area contributed by atoms with E-state index in [-0.39, 0.29) is 12.1 Å². The van der Waals surface area contributed by atoms with Crippen molar-refractivity contribution in [2.24, 2.45) is 0 Å². The first kappa shape index (κ1) is 15.4. The molecule has 0 saturated carbocycles. The van der Waals surface area contributed by atoms with Gasteiger partial charge in [0.1, 0.15) is 5.76 Å². The highest BCUT2D eigenvalue weighted by molar-refractivity contribution is 5.43. The maximum absolute atomic E-state index is 5.72. The van der Waals surface area contributed by atoms with Crippen LogP contribution in [0.4, 0.5) is 0 Å².